The fourth-order valence-corrected chi connectivity index (χ4v) is 1.96. The summed E-state index contributed by atoms with van der Waals surface area (Å²) in [6.45, 7) is 5.25. The summed E-state index contributed by atoms with van der Waals surface area (Å²) in [6, 6.07) is 6.95. The van der Waals surface area contributed by atoms with Gasteiger partial charge in [0.05, 0.1) is 6.54 Å². The van der Waals surface area contributed by atoms with Crippen molar-refractivity contribution in [3.63, 3.8) is 0 Å². The molecule has 0 aliphatic rings. The molecule has 1 aromatic carbocycles. The number of carbonyl (C=O) groups is 2. The number of benzene rings is 1. The predicted octanol–water partition coefficient (Wildman–Crippen LogP) is 1.86. The molecule has 110 valence electrons. The van der Waals surface area contributed by atoms with E-state index >= 15 is 0 Å². The van der Waals surface area contributed by atoms with E-state index in [2.05, 4.69) is 26.6 Å². The average molecular weight is 343 g/mol. The number of ether oxygens (including phenoxy) is 1. The van der Waals surface area contributed by atoms with E-state index in [1.54, 1.807) is 6.92 Å². The molecule has 0 unspecified atom stereocenters. The Bertz CT molecular complexity index is 479. The molecule has 0 aliphatic heterocycles. The Hall–Kier alpha value is -1.56. The zero-order valence-electron chi connectivity index (χ0n) is 11.8. The summed E-state index contributed by atoms with van der Waals surface area (Å²) in [6.07, 6.45) is -0.169. The predicted molar refractivity (Wildman–Crippen MR) is 80.5 cm³/mol. The highest BCUT2D eigenvalue weighted by atomic mass is 79.9. The Balaban J connectivity index is 2.38. The highest BCUT2D eigenvalue weighted by Crippen LogP contribution is 2.18. The third kappa shape index (κ3) is 6.06. The summed E-state index contributed by atoms with van der Waals surface area (Å²) in [5.74, 6) is 0.270. The zero-order chi connectivity index (χ0) is 15.1. The van der Waals surface area contributed by atoms with Gasteiger partial charge in [-0.3, -0.25) is 9.59 Å². The maximum atomic E-state index is 11.7. The highest BCUT2D eigenvalue weighted by Gasteiger charge is 2.14. The lowest BCUT2D eigenvalue weighted by molar-refractivity contribution is -0.127. The molecule has 0 bridgehead atoms. The van der Waals surface area contributed by atoms with E-state index in [0.29, 0.717) is 6.54 Å². The van der Waals surface area contributed by atoms with Gasteiger partial charge in [0.2, 0.25) is 11.8 Å². The lowest BCUT2D eigenvalue weighted by Gasteiger charge is -2.18. The third-order valence-corrected chi connectivity index (χ3v) is 3.00. The van der Waals surface area contributed by atoms with E-state index in [-0.39, 0.29) is 17.9 Å². The number of hydrogen-bond acceptors (Lipinski definition) is 3. The van der Waals surface area contributed by atoms with Crippen molar-refractivity contribution in [2.24, 2.45) is 0 Å². The number of amides is 2. The molecule has 20 heavy (non-hydrogen) atoms. The third-order valence-electron chi connectivity index (χ3n) is 2.51. The van der Waals surface area contributed by atoms with Gasteiger partial charge in [0.15, 0.2) is 0 Å². The standard InChI is InChI=1S/C14H19BrN2O3/c1-9(20-13-6-4-5-12(15)7-13)8-16-14(19)10(2)17-11(3)18/h4-7,9-10H,8H2,1-3H3,(H,16,19)(H,17,18)/t9-,10-/m0/s1. The summed E-state index contributed by atoms with van der Waals surface area (Å²) in [7, 11) is 0. The molecule has 5 nitrogen and oxygen atoms in total. The first-order chi connectivity index (χ1) is 9.38. The molecule has 0 radical (unpaired) electrons. The average Bonchev–Trinajstić information content (AvgIpc) is 2.35. The maximum absolute atomic E-state index is 11.7. The second-order valence-corrected chi connectivity index (χ2v) is 5.47. The van der Waals surface area contributed by atoms with Crippen LogP contribution in [0, 0.1) is 0 Å². The van der Waals surface area contributed by atoms with Crippen LogP contribution in [0.3, 0.4) is 0 Å². The van der Waals surface area contributed by atoms with Crippen molar-refractivity contribution in [3.05, 3.63) is 28.7 Å². The summed E-state index contributed by atoms with van der Waals surface area (Å²) >= 11 is 3.37. The monoisotopic (exact) mass is 342 g/mol. The minimum atomic E-state index is -0.550. The van der Waals surface area contributed by atoms with Crippen molar-refractivity contribution >= 4 is 27.7 Å². The second kappa shape index (κ2) is 7.89. The van der Waals surface area contributed by atoms with E-state index in [9.17, 15) is 9.59 Å². The molecule has 2 amide bonds. The molecule has 1 aromatic rings. The largest absolute Gasteiger partial charge is 0.489 e. The maximum Gasteiger partial charge on any atom is 0.242 e. The zero-order valence-corrected chi connectivity index (χ0v) is 13.4. The first-order valence-corrected chi connectivity index (χ1v) is 7.15. The van der Waals surface area contributed by atoms with E-state index in [0.717, 1.165) is 10.2 Å². The van der Waals surface area contributed by atoms with Crippen LogP contribution in [0.5, 0.6) is 5.75 Å². The Labute approximate surface area is 127 Å². The molecule has 2 atom stereocenters. The van der Waals surface area contributed by atoms with Gasteiger partial charge in [-0.05, 0) is 32.0 Å². The number of halogens is 1. The van der Waals surface area contributed by atoms with Crippen molar-refractivity contribution in [1.82, 2.24) is 10.6 Å². The molecular weight excluding hydrogens is 324 g/mol. The van der Waals surface area contributed by atoms with Gasteiger partial charge in [0.1, 0.15) is 17.9 Å². The SMILES string of the molecule is CC(=O)N[C@@H](C)C(=O)NC[C@H](C)Oc1cccc(Br)c1. The minimum absolute atomic E-state index is 0.169. The molecule has 0 aliphatic carbocycles. The van der Waals surface area contributed by atoms with Crippen molar-refractivity contribution in [1.29, 1.82) is 0 Å². The molecular formula is C14H19BrN2O3. The van der Waals surface area contributed by atoms with Gasteiger partial charge in [0.25, 0.3) is 0 Å². The van der Waals surface area contributed by atoms with E-state index in [4.69, 9.17) is 4.74 Å². The molecule has 1 rings (SSSR count). The van der Waals surface area contributed by atoms with Crippen LogP contribution in [0.25, 0.3) is 0 Å². The van der Waals surface area contributed by atoms with Gasteiger partial charge in [-0.25, -0.2) is 0 Å². The van der Waals surface area contributed by atoms with Gasteiger partial charge in [-0.2, -0.15) is 0 Å². The molecule has 0 spiro atoms. The van der Waals surface area contributed by atoms with Crippen LogP contribution in [0.1, 0.15) is 20.8 Å². The molecule has 2 N–H and O–H groups in total. The van der Waals surface area contributed by atoms with Crippen molar-refractivity contribution in [2.75, 3.05) is 6.54 Å². The van der Waals surface area contributed by atoms with Gasteiger partial charge >= 0.3 is 0 Å². The van der Waals surface area contributed by atoms with Crippen LogP contribution in [0.2, 0.25) is 0 Å². The summed E-state index contributed by atoms with van der Waals surface area (Å²) < 4.78 is 6.61. The number of rotatable bonds is 6. The van der Waals surface area contributed by atoms with Crippen molar-refractivity contribution in [3.8, 4) is 5.75 Å². The Morgan fingerprint density at radius 2 is 2.05 bits per heavy atom. The first-order valence-electron chi connectivity index (χ1n) is 6.35. The van der Waals surface area contributed by atoms with E-state index in [1.165, 1.54) is 6.92 Å². The van der Waals surface area contributed by atoms with Crippen LogP contribution in [0.4, 0.5) is 0 Å². The van der Waals surface area contributed by atoms with Gasteiger partial charge in [-0.15, -0.1) is 0 Å². The quantitative estimate of drug-likeness (QED) is 0.829. The van der Waals surface area contributed by atoms with E-state index < -0.39 is 6.04 Å². The molecule has 0 saturated heterocycles. The van der Waals surface area contributed by atoms with Crippen LogP contribution in [-0.2, 0) is 9.59 Å². The van der Waals surface area contributed by atoms with Crippen LogP contribution in [-0.4, -0.2) is 30.5 Å². The molecule has 6 heteroatoms. The number of hydrogen-bond donors (Lipinski definition) is 2. The minimum Gasteiger partial charge on any atom is -0.489 e. The Kier molecular flexibility index (Phi) is 6.51. The second-order valence-electron chi connectivity index (χ2n) is 4.55. The lowest BCUT2D eigenvalue weighted by atomic mass is 10.3. The van der Waals surface area contributed by atoms with Crippen molar-refractivity contribution < 1.29 is 14.3 Å². The summed E-state index contributed by atoms with van der Waals surface area (Å²) in [4.78, 5) is 22.6. The molecule has 0 saturated carbocycles. The summed E-state index contributed by atoms with van der Waals surface area (Å²) in [5.41, 5.74) is 0. The molecule has 0 fully saturated rings. The smallest absolute Gasteiger partial charge is 0.242 e. The molecule has 0 heterocycles. The fourth-order valence-electron chi connectivity index (χ4n) is 1.58. The topological polar surface area (TPSA) is 67.4 Å². The number of carbonyl (C=O) groups excluding carboxylic acids is 2. The van der Waals surface area contributed by atoms with E-state index in [1.807, 2.05) is 31.2 Å². The van der Waals surface area contributed by atoms with Crippen LogP contribution >= 0.6 is 15.9 Å². The van der Waals surface area contributed by atoms with Gasteiger partial charge in [-0.1, -0.05) is 22.0 Å². The van der Waals surface area contributed by atoms with Gasteiger partial charge in [0, 0.05) is 11.4 Å². The summed E-state index contributed by atoms with van der Waals surface area (Å²) in [5, 5.41) is 5.26. The number of nitrogens with one attached hydrogen (secondary N) is 2. The van der Waals surface area contributed by atoms with Crippen molar-refractivity contribution in [2.45, 2.75) is 32.9 Å². The van der Waals surface area contributed by atoms with Gasteiger partial charge < -0.3 is 15.4 Å². The normalized spacial score (nSPS) is 13.2. The lowest BCUT2D eigenvalue weighted by Crippen LogP contribution is -2.46. The Morgan fingerprint density at radius 3 is 2.65 bits per heavy atom. The fraction of sp³-hybridized carbons (Fsp3) is 0.429. The van der Waals surface area contributed by atoms with Crippen LogP contribution < -0.4 is 15.4 Å². The van der Waals surface area contributed by atoms with Crippen LogP contribution in [0.15, 0.2) is 28.7 Å². The molecule has 0 aromatic heterocycles. The highest BCUT2D eigenvalue weighted by molar-refractivity contribution is 9.10. The first kappa shape index (κ1) is 16.5. The Morgan fingerprint density at radius 1 is 1.35 bits per heavy atom.